The van der Waals surface area contributed by atoms with Crippen LogP contribution in [0.15, 0.2) is 48.5 Å². The summed E-state index contributed by atoms with van der Waals surface area (Å²) in [4.78, 5) is 43.5. The Hall–Kier alpha value is -3.10. The SMILES string of the molecule is COc1ccc([C@]2(C)NC(=O)N(CC(=O)N3CCN(Cc4cccc(Cl)c4)CC3)C2=O)cc1. The predicted molar refractivity (Wildman–Crippen MR) is 124 cm³/mol. The molecule has 2 aliphatic heterocycles. The molecule has 0 unspecified atom stereocenters. The van der Waals surface area contributed by atoms with Crippen LogP contribution < -0.4 is 10.1 Å². The molecule has 2 heterocycles. The Labute approximate surface area is 198 Å². The number of rotatable bonds is 6. The Kier molecular flexibility index (Phi) is 6.58. The van der Waals surface area contributed by atoms with Gasteiger partial charge in [0.25, 0.3) is 5.91 Å². The van der Waals surface area contributed by atoms with Gasteiger partial charge in [-0.15, -0.1) is 0 Å². The van der Waals surface area contributed by atoms with E-state index in [1.54, 1.807) is 43.2 Å². The fourth-order valence-corrected chi connectivity index (χ4v) is 4.46. The minimum absolute atomic E-state index is 0.236. The zero-order chi connectivity index (χ0) is 23.6. The summed E-state index contributed by atoms with van der Waals surface area (Å²) in [5.41, 5.74) is 0.532. The molecule has 0 bridgehead atoms. The van der Waals surface area contributed by atoms with Gasteiger partial charge in [0.1, 0.15) is 17.8 Å². The minimum atomic E-state index is -1.22. The first-order valence-corrected chi connectivity index (χ1v) is 11.2. The fraction of sp³-hybridized carbons (Fsp3) is 0.375. The lowest BCUT2D eigenvalue weighted by atomic mass is 9.92. The summed E-state index contributed by atoms with van der Waals surface area (Å²) in [6.07, 6.45) is 0. The van der Waals surface area contributed by atoms with Gasteiger partial charge in [-0.25, -0.2) is 4.79 Å². The Morgan fingerprint density at radius 1 is 1.09 bits per heavy atom. The molecule has 2 saturated heterocycles. The highest BCUT2D eigenvalue weighted by molar-refractivity contribution is 6.30. The van der Waals surface area contributed by atoms with Gasteiger partial charge < -0.3 is 15.0 Å². The number of ether oxygens (including phenoxy) is 1. The van der Waals surface area contributed by atoms with Gasteiger partial charge in [-0.2, -0.15) is 0 Å². The molecule has 1 atom stereocenters. The highest BCUT2D eigenvalue weighted by atomic mass is 35.5. The minimum Gasteiger partial charge on any atom is -0.497 e. The molecule has 0 spiro atoms. The Bertz CT molecular complexity index is 1050. The predicted octanol–water partition coefficient (Wildman–Crippen LogP) is 2.46. The molecule has 0 aromatic heterocycles. The Morgan fingerprint density at radius 3 is 2.42 bits per heavy atom. The molecule has 1 N–H and O–H groups in total. The van der Waals surface area contributed by atoms with Gasteiger partial charge in [0.05, 0.1) is 7.11 Å². The molecule has 4 rings (SSSR count). The second kappa shape index (κ2) is 9.41. The smallest absolute Gasteiger partial charge is 0.325 e. The topological polar surface area (TPSA) is 82.2 Å². The molecule has 9 heteroatoms. The Balaban J connectivity index is 1.34. The van der Waals surface area contributed by atoms with E-state index in [4.69, 9.17) is 16.3 Å². The second-order valence-corrected chi connectivity index (χ2v) is 8.90. The molecule has 2 aromatic carbocycles. The van der Waals surface area contributed by atoms with E-state index in [-0.39, 0.29) is 12.5 Å². The summed E-state index contributed by atoms with van der Waals surface area (Å²) in [7, 11) is 1.56. The number of piperazine rings is 1. The number of halogens is 1. The van der Waals surface area contributed by atoms with Gasteiger partial charge in [-0.3, -0.25) is 19.4 Å². The highest BCUT2D eigenvalue weighted by Crippen LogP contribution is 2.30. The Morgan fingerprint density at radius 2 is 1.79 bits per heavy atom. The van der Waals surface area contributed by atoms with Crippen molar-refractivity contribution in [3.05, 3.63) is 64.7 Å². The number of hydrogen-bond acceptors (Lipinski definition) is 5. The van der Waals surface area contributed by atoms with E-state index < -0.39 is 17.5 Å². The lowest BCUT2D eigenvalue weighted by Gasteiger charge is -2.35. The third kappa shape index (κ3) is 4.82. The van der Waals surface area contributed by atoms with Gasteiger partial charge in [-0.05, 0) is 42.3 Å². The van der Waals surface area contributed by atoms with E-state index in [1.807, 2.05) is 24.3 Å². The lowest BCUT2D eigenvalue weighted by molar-refractivity contribution is -0.139. The van der Waals surface area contributed by atoms with E-state index >= 15 is 0 Å². The van der Waals surface area contributed by atoms with Crippen LogP contribution in [0.3, 0.4) is 0 Å². The van der Waals surface area contributed by atoms with Crippen molar-refractivity contribution >= 4 is 29.4 Å². The van der Waals surface area contributed by atoms with Crippen molar-refractivity contribution in [2.24, 2.45) is 0 Å². The third-order valence-electron chi connectivity index (χ3n) is 6.26. The van der Waals surface area contributed by atoms with Gasteiger partial charge in [0.2, 0.25) is 5.91 Å². The number of carbonyl (C=O) groups is 3. The second-order valence-electron chi connectivity index (χ2n) is 8.46. The molecular formula is C24H27ClN4O4. The molecule has 0 aliphatic carbocycles. The van der Waals surface area contributed by atoms with E-state index in [1.165, 1.54) is 0 Å². The summed E-state index contributed by atoms with van der Waals surface area (Å²) < 4.78 is 5.16. The number of methoxy groups -OCH3 is 1. The highest BCUT2D eigenvalue weighted by Gasteiger charge is 2.49. The number of hydrogen-bond donors (Lipinski definition) is 1. The molecular weight excluding hydrogens is 444 g/mol. The number of urea groups is 1. The number of carbonyl (C=O) groups excluding carboxylic acids is 3. The number of nitrogens with one attached hydrogen (secondary N) is 1. The average molecular weight is 471 g/mol. The number of amides is 4. The van der Waals surface area contributed by atoms with E-state index in [9.17, 15) is 14.4 Å². The van der Waals surface area contributed by atoms with E-state index in [0.717, 1.165) is 17.0 Å². The van der Waals surface area contributed by atoms with E-state index in [2.05, 4.69) is 10.2 Å². The monoisotopic (exact) mass is 470 g/mol. The summed E-state index contributed by atoms with van der Waals surface area (Å²) in [6, 6.07) is 14.1. The first-order chi connectivity index (χ1) is 15.8. The molecule has 33 heavy (non-hydrogen) atoms. The number of imide groups is 1. The first kappa shape index (κ1) is 23.1. The van der Waals surface area contributed by atoms with Gasteiger partial charge >= 0.3 is 6.03 Å². The van der Waals surface area contributed by atoms with Gasteiger partial charge in [0, 0.05) is 37.7 Å². The molecule has 2 aromatic rings. The fourth-order valence-electron chi connectivity index (χ4n) is 4.24. The number of benzene rings is 2. The van der Waals surface area contributed by atoms with Crippen LogP contribution in [0.25, 0.3) is 0 Å². The summed E-state index contributed by atoms with van der Waals surface area (Å²) >= 11 is 6.06. The maximum atomic E-state index is 13.1. The molecule has 2 fully saturated rings. The van der Waals surface area contributed by atoms with Gasteiger partial charge in [0.15, 0.2) is 0 Å². The van der Waals surface area contributed by atoms with Crippen LogP contribution in [0.1, 0.15) is 18.1 Å². The first-order valence-electron chi connectivity index (χ1n) is 10.8. The van der Waals surface area contributed by atoms with Gasteiger partial charge in [-0.1, -0.05) is 35.9 Å². The average Bonchev–Trinajstić information content (AvgIpc) is 3.03. The summed E-state index contributed by atoms with van der Waals surface area (Å²) in [5.74, 6) is -0.0221. The summed E-state index contributed by atoms with van der Waals surface area (Å²) in [5, 5.41) is 3.44. The molecule has 8 nitrogen and oxygen atoms in total. The zero-order valence-electron chi connectivity index (χ0n) is 18.7. The van der Waals surface area contributed by atoms with E-state index in [0.29, 0.717) is 42.5 Å². The molecule has 0 radical (unpaired) electrons. The normalized spacial score (nSPS) is 21.3. The lowest BCUT2D eigenvalue weighted by Crippen LogP contribution is -2.51. The van der Waals surface area contributed by atoms with Crippen molar-refractivity contribution < 1.29 is 19.1 Å². The van der Waals surface area contributed by atoms with Crippen LogP contribution in [0, 0.1) is 0 Å². The molecule has 174 valence electrons. The molecule has 0 saturated carbocycles. The quantitative estimate of drug-likeness (QED) is 0.656. The molecule has 4 amide bonds. The largest absolute Gasteiger partial charge is 0.497 e. The van der Waals surface area contributed by atoms with Crippen molar-refractivity contribution in [2.45, 2.75) is 19.0 Å². The third-order valence-corrected chi connectivity index (χ3v) is 6.49. The summed E-state index contributed by atoms with van der Waals surface area (Å²) in [6.45, 7) is 4.64. The van der Waals surface area contributed by atoms with Crippen molar-refractivity contribution in [3.63, 3.8) is 0 Å². The van der Waals surface area contributed by atoms with Crippen LogP contribution in [0.2, 0.25) is 5.02 Å². The van der Waals surface area contributed by atoms with Crippen LogP contribution in [-0.4, -0.2) is 72.4 Å². The standard InChI is InChI=1S/C24H27ClN4O4/c1-24(18-6-8-20(33-2)9-7-18)22(31)29(23(32)26-24)16-21(30)28-12-10-27(11-13-28)15-17-4-3-5-19(25)14-17/h3-9,14H,10-13,15-16H2,1-2H3,(H,26,32)/t24-/m0/s1. The zero-order valence-corrected chi connectivity index (χ0v) is 19.5. The van der Waals surface area contributed by atoms with Crippen LogP contribution in [0.4, 0.5) is 4.79 Å². The van der Waals surface area contributed by atoms with Crippen molar-refractivity contribution in [1.82, 2.24) is 20.0 Å². The van der Waals surface area contributed by atoms with Crippen LogP contribution in [0.5, 0.6) is 5.75 Å². The van der Waals surface area contributed by atoms with Crippen molar-refractivity contribution in [3.8, 4) is 5.75 Å². The van der Waals surface area contributed by atoms with Crippen molar-refractivity contribution in [1.29, 1.82) is 0 Å². The maximum Gasteiger partial charge on any atom is 0.325 e. The van der Waals surface area contributed by atoms with Crippen molar-refractivity contribution in [2.75, 3.05) is 39.8 Å². The number of nitrogens with zero attached hydrogens (tertiary/aromatic N) is 3. The van der Waals surface area contributed by atoms with Crippen LogP contribution >= 0.6 is 11.6 Å². The maximum absolute atomic E-state index is 13.1. The molecule has 2 aliphatic rings. The van der Waals surface area contributed by atoms with Crippen LogP contribution in [-0.2, 0) is 21.7 Å².